The first kappa shape index (κ1) is 11.3. The van der Waals surface area contributed by atoms with Crippen molar-refractivity contribution in [3.8, 4) is 0 Å². The SMILES string of the molecule is CC1CCc2cc(S(N)(=O)=O)sc2S1=O. The third kappa shape index (κ3) is 2.01. The zero-order chi connectivity index (χ0) is 11.2. The zero-order valence-electron chi connectivity index (χ0n) is 8.10. The van der Waals surface area contributed by atoms with Gasteiger partial charge in [0.1, 0.15) is 4.21 Å². The highest BCUT2D eigenvalue weighted by molar-refractivity contribution is 7.92. The van der Waals surface area contributed by atoms with Crippen LogP contribution >= 0.6 is 11.3 Å². The predicted molar refractivity (Wildman–Crippen MR) is 59.9 cm³/mol. The van der Waals surface area contributed by atoms with E-state index in [0.717, 1.165) is 29.7 Å². The van der Waals surface area contributed by atoms with Crippen LogP contribution in [0.1, 0.15) is 18.9 Å². The number of fused-ring (bicyclic) bond motifs is 1. The molecule has 0 saturated carbocycles. The molecule has 2 rings (SSSR count). The highest BCUT2D eigenvalue weighted by atomic mass is 32.3. The van der Waals surface area contributed by atoms with Gasteiger partial charge >= 0.3 is 0 Å². The van der Waals surface area contributed by atoms with Crippen LogP contribution in [0.3, 0.4) is 0 Å². The lowest BCUT2D eigenvalue weighted by molar-refractivity contribution is 0.599. The lowest BCUT2D eigenvalue weighted by atomic mass is 10.1. The van der Waals surface area contributed by atoms with Crippen LogP contribution in [0.2, 0.25) is 0 Å². The van der Waals surface area contributed by atoms with E-state index in [1.807, 2.05) is 6.92 Å². The van der Waals surface area contributed by atoms with Crippen LogP contribution in [-0.2, 0) is 27.2 Å². The van der Waals surface area contributed by atoms with Crippen molar-refractivity contribution in [3.63, 3.8) is 0 Å². The summed E-state index contributed by atoms with van der Waals surface area (Å²) in [5.41, 5.74) is 0.875. The molecule has 2 heterocycles. The van der Waals surface area contributed by atoms with Gasteiger partial charge in [-0.05, 0) is 24.5 Å². The van der Waals surface area contributed by atoms with Crippen molar-refractivity contribution in [2.45, 2.75) is 33.4 Å². The lowest BCUT2D eigenvalue weighted by Gasteiger charge is -2.16. The number of nitrogens with two attached hydrogens (primary N) is 1. The predicted octanol–water partition coefficient (Wildman–Crippen LogP) is 0.838. The lowest BCUT2D eigenvalue weighted by Crippen LogP contribution is -2.17. The van der Waals surface area contributed by atoms with Gasteiger partial charge in [-0.1, -0.05) is 6.92 Å². The molecular formula is C8H11NO3S3. The summed E-state index contributed by atoms with van der Waals surface area (Å²) >= 11 is 1.04. The molecule has 1 aliphatic heterocycles. The second kappa shape index (κ2) is 3.65. The maximum absolute atomic E-state index is 11.8. The van der Waals surface area contributed by atoms with Gasteiger partial charge in [0.25, 0.3) is 0 Å². The number of aryl methyl sites for hydroxylation is 1. The first-order valence-electron chi connectivity index (χ1n) is 4.45. The van der Waals surface area contributed by atoms with Gasteiger partial charge in [0.05, 0.1) is 15.0 Å². The Hall–Kier alpha value is -0.240. The van der Waals surface area contributed by atoms with Crippen LogP contribution in [0.4, 0.5) is 0 Å². The molecule has 0 radical (unpaired) electrons. The Labute approximate surface area is 95.0 Å². The molecule has 0 saturated heterocycles. The number of sulfonamides is 1. The molecule has 0 bridgehead atoms. The van der Waals surface area contributed by atoms with Gasteiger partial charge in [-0.2, -0.15) is 0 Å². The van der Waals surface area contributed by atoms with Crippen molar-refractivity contribution >= 4 is 32.2 Å². The van der Waals surface area contributed by atoms with Crippen molar-refractivity contribution in [1.82, 2.24) is 0 Å². The normalized spacial score (nSPS) is 26.3. The molecule has 1 aromatic rings. The molecule has 15 heavy (non-hydrogen) atoms. The van der Waals surface area contributed by atoms with Crippen LogP contribution < -0.4 is 5.14 Å². The van der Waals surface area contributed by atoms with E-state index in [-0.39, 0.29) is 9.46 Å². The molecule has 0 spiro atoms. The fourth-order valence-electron chi connectivity index (χ4n) is 1.52. The molecular weight excluding hydrogens is 254 g/mol. The summed E-state index contributed by atoms with van der Waals surface area (Å²) in [5, 5.41) is 5.13. The molecule has 1 aliphatic rings. The van der Waals surface area contributed by atoms with Gasteiger partial charge in [0.15, 0.2) is 0 Å². The van der Waals surface area contributed by atoms with E-state index in [1.54, 1.807) is 6.07 Å². The number of primary sulfonamides is 1. The van der Waals surface area contributed by atoms with E-state index < -0.39 is 20.8 Å². The molecule has 2 unspecified atom stereocenters. The molecule has 0 aliphatic carbocycles. The van der Waals surface area contributed by atoms with Crippen LogP contribution in [0.25, 0.3) is 0 Å². The Morgan fingerprint density at radius 1 is 1.60 bits per heavy atom. The standard InChI is InChI=1S/C8H11NO3S3/c1-5-2-3-6-4-7(15(9,11)12)13-8(6)14(5)10/h4-5H,2-3H2,1H3,(H2,9,11,12). The summed E-state index contributed by atoms with van der Waals surface area (Å²) in [6.45, 7) is 1.91. The Balaban J connectivity index is 2.54. The second-order valence-corrected chi connectivity index (χ2v) is 8.48. The van der Waals surface area contributed by atoms with E-state index >= 15 is 0 Å². The van der Waals surface area contributed by atoms with E-state index in [2.05, 4.69) is 0 Å². The third-order valence-electron chi connectivity index (χ3n) is 2.40. The van der Waals surface area contributed by atoms with Gasteiger partial charge in [-0.3, -0.25) is 4.21 Å². The zero-order valence-corrected chi connectivity index (χ0v) is 10.5. The molecule has 0 fully saturated rings. The highest BCUT2D eigenvalue weighted by Crippen LogP contribution is 2.35. The Morgan fingerprint density at radius 2 is 2.27 bits per heavy atom. The maximum atomic E-state index is 11.8. The number of thiophene rings is 1. The number of hydrogen-bond donors (Lipinski definition) is 1. The van der Waals surface area contributed by atoms with E-state index in [9.17, 15) is 12.6 Å². The number of rotatable bonds is 1. The van der Waals surface area contributed by atoms with E-state index in [4.69, 9.17) is 5.14 Å². The third-order valence-corrected chi connectivity index (χ3v) is 7.13. The minimum atomic E-state index is -3.65. The molecule has 2 N–H and O–H groups in total. The molecule has 4 nitrogen and oxygen atoms in total. The molecule has 84 valence electrons. The molecule has 0 aromatic carbocycles. The van der Waals surface area contributed by atoms with Crippen LogP contribution in [0, 0.1) is 0 Å². The van der Waals surface area contributed by atoms with Gasteiger partial charge in [0.2, 0.25) is 10.0 Å². The van der Waals surface area contributed by atoms with Crippen LogP contribution in [-0.4, -0.2) is 17.9 Å². The van der Waals surface area contributed by atoms with Gasteiger partial charge < -0.3 is 0 Å². The fraction of sp³-hybridized carbons (Fsp3) is 0.500. The molecule has 7 heteroatoms. The average Bonchev–Trinajstić information content (AvgIpc) is 2.55. The summed E-state index contributed by atoms with van der Waals surface area (Å²) in [7, 11) is -4.73. The smallest absolute Gasteiger partial charge is 0.247 e. The largest absolute Gasteiger partial charge is 0.253 e. The van der Waals surface area contributed by atoms with Crippen molar-refractivity contribution in [3.05, 3.63) is 11.6 Å². The first-order chi connectivity index (χ1) is 6.89. The summed E-state index contributed by atoms with van der Waals surface area (Å²) in [4.78, 5) is 0. The fourth-order valence-corrected chi connectivity index (χ4v) is 5.58. The van der Waals surface area contributed by atoms with Crippen LogP contribution in [0.5, 0.6) is 0 Å². The quantitative estimate of drug-likeness (QED) is 0.817. The Morgan fingerprint density at radius 3 is 2.87 bits per heavy atom. The van der Waals surface area contributed by atoms with Crippen molar-refractivity contribution in [1.29, 1.82) is 0 Å². The molecule has 1 aromatic heterocycles. The first-order valence-corrected chi connectivity index (χ1v) is 8.03. The van der Waals surface area contributed by atoms with E-state index in [0.29, 0.717) is 4.21 Å². The molecule has 2 atom stereocenters. The summed E-state index contributed by atoms with van der Waals surface area (Å²) in [6, 6.07) is 1.55. The van der Waals surface area contributed by atoms with Gasteiger partial charge in [-0.15, -0.1) is 11.3 Å². The van der Waals surface area contributed by atoms with Crippen molar-refractivity contribution in [2.24, 2.45) is 5.14 Å². The van der Waals surface area contributed by atoms with Crippen LogP contribution in [0.15, 0.2) is 14.5 Å². The molecule has 0 amide bonds. The summed E-state index contributed by atoms with van der Waals surface area (Å²) in [6.07, 6.45) is 1.62. The topological polar surface area (TPSA) is 77.2 Å². The second-order valence-electron chi connectivity index (χ2n) is 3.57. The monoisotopic (exact) mass is 265 g/mol. The minimum absolute atomic E-state index is 0.101. The van der Waals surface area contributed by atoms with Gasteiger partial charge in [-0.25, -0.2) is 13.6 Å². The maximum Gasteiger partial charge on any atom is 0.247 e. The number of hydrogen-bond acceptors (Lipinski definition) is 4. The summed E-state index contributed by atoms with van der Waals surface area (Å²) < 4.78 is 34.9. The average molecular weight is 265 g/mol. The van der Waals surface area contributed by atoms with Gasteiger partial charge in [0, 0.05) is 5.25 Å². The minimum Gasteiger partial charge on any atom is -0.253 e. The van der Waals surface area contributed by atoms with Crippen molar-refractivity contribution < 1.29 is 12.6 Å². The Kier molecular flexibility index (Phi) is 2.74. The summed E-state index contributed by atoms with van der Waals surface area (Å²) in [5.74, 6) is 0. The Bertz CT molecular complexity index is 517. The van der Waals surface area contributed by atoms with Crippen molar-refractivity contribution in [2.75, 3.05) is 0 Å². The van der Waals surface area contributed by atoms with E-state index in [1.165, 1.54) is 0 Å². The highest BCUT2D eigenvalue weighted by Gasteiger charge is 2.27.